The van der Waals surface area contributed by atoms with Crippen molar-refractivity contribution in [2.75, 3.05) is 0 Å². The van der Waals surface area contributed by atoms with E-state index in [1.807, 2.05) is 42.5 Å². The van der Waals surface area contributed by atoms with Crippen LogP contribution in [0.3, 0.4) is 0 Å². The smallest absolute Gasteiger partial charge is 0.223 e. The predicted octanol–water partition coefficient (Wildman–Crippen LogP) is 4.04. The maximum absolute atomic E-state index is 12.8. The fourth-order valence-corrected chi connectivity index (χ4v) is 4.54. The van der Waals surface area contributed by atoms with Crippen molar-refractivity contribution in [1.29, 1.82) is 0 Å². The van der Waals surface area contributed by atoms with Gasteiger partial charge in [-0.15, -0.1) is 0 Å². The molecular formula is C23H26N2O3. The Morgan fingerprint density at radius 1 is 0.964 bits per heavy atom. The summed E-state index contributed by atoms with van der Waals surface area (Å²) in [6, 6.07) is 13.6. The third-order valence-corrected chi connectivity index (χ3v) is 5.82. The Morgan fingerprint density at radius 2 is 1.64 bits per heavy atom. The molecule has 0 saturated carbocycles. The average molecular weight is 378 g/mol. The number of rotatable bonds is 7. The Balaban J connectivity index is 1.27. The summed E-state index contributed by atoms with van der Waals surface area (Å²) in [7, 11) is 0. The van der Waals surface area contributed by atoms with Crippen molar-refractivity contribution in [2.45, 2.75) is 63.1 Å². The van der Waals surface area contributed by atoms with Gasteiger partial charge in [0.1, 0.15) is 11.9 Å². The van der Waals surface area contributed by atoms with Gasteiger partial charge in [0.05, 0.1) is 0 Å². The van der Waals surface area contributed by atoms with Gasteiger partial charge in [-0.05, 0) is 31.4 Å². The van der Waals surface area contributed by atoms with E-state index in [1.54, 1.807) is 12.4 Å². The Kier molecular flexibility index (Phi) is 5.70. The molecule has 2 bridgehead atoms. The normalized spacial score (nSPS) is 23.4. The minimum Gasteiger partial charge on any atom is -0.490 e. The third kappa shape index (κ3) is 4.24. The number of fused-ring (bicyclic) bond motifs is 2. The van der Waals surface area contributed by atoms with Crippen LogP contribution in [0.2, 0.25) is 0 Å². The molecule has 2 unspecified atom stereocenters. The number of hydrogen-bond donors (Lipinski definition) is 0. The van der Waals surface area contributed by atoms with Crippen LogP contribution in [-0.4, -0.2) is 39.8 Å². The summed E-state index contributed by atoms with van der Waals surface area (Å²) in [6.07, 6.45) is 8.97. The van der Waals surface area contributed by atoms with Crippen LogP contribution in [0, 0.1) is 0 Å². The molecule has 1 aromatic carbocycles. The highest BCUT2D eigenvalue weighted by molar-refractivity contribution is 5.96. The van der Waals surface area contributed by atoms with E-state index in [-0.39, 0.29) is 29.9 Å². The largest absolute Gasteiger partial charge is 0.490 e. The Morgan fingerprint density at radius 3 is 2.32 bits per heavy atom. The van der Waals surface area contributed by atoms with Gasteiger partial charge in [0, 0.05) is 55.7 Å². The molecule has 0 aliphatic carbocycles. The van der Waals surface area contributed by atoms with Crippen LogP contribution in [0.5, 0.6) is 5.75 Å². The lowest BCUT2D eigenvalue weighted by molar-refractivity contribution is -0.137. The highest BCUT2D eigenvalue weighted by Crippen LogP contribution is 2.37. The zero-order chi connectivity index (χ0) is 19.3. The van der Waals surface area contributed by atoms with E-state index in [4.69, 9.17) is 4.74 Å². The second-order valence-corrected chi connectivity index (χ2v) is 7.72. The minimum absolute atomic E-state index is 0.112. The van der Waals surface area contributed by atoms with Gasteiger partial charge in [-0.3, -0.25) is 14.6 Å². The quantitative estimate of drug-likeness (QED) is 0.683. The number of Topliss-reactive ketones (excluding diaryl/α,β-unsaturated/α-hetero) is 1. The third-order valence-electron chi connectivity index (χ3n) is 5.82. The van der Waals surface area contributed by atoms with Crippen molar-refractivity contribution < 1.29 is 14.3 Å². The average Bonchev–Trinajstić information content (AvgIpc) is 3.00. The van der Waals surface area contributed by atoms with Gasteiger partial charge in [0.15, 0.2) is 5.78 Å². The second kappa shape index (κ2) is 8.55. The SMILES string of the molecule is O=C(CCCC(=O)N1C2CCC1CC(Oc1ccncc1)C2)c1ccccc1. The topological polar surface area (TPSA) is 59.5 Å². The van der Waals surface area contributed by atoms with Gasteiger partial charge in [-0.1, -0.05) is 30.3 Å². The molecule has 1 aromatic heterocycles. The summed E-state index contributed by atoms with van der Waals surface area (Å²) < 4.78 is 6.10. The summed E-state index contributed by atoms with van der Waals surface area (Å²) in [4.78, 5) is 31.1. The number of ether oxygens (including phenoxy) is 1. The van der Waals surface area contributed by atoms with Crippen LogP contribution in [0.1, 0.15) is 55.3 Å². The van der Waals surface area contributed by atoms with Gasteiger partial charge >= 0.3 is 0 Å². The summed E-state index contributed by atoms with van der Waals surface area (Å²) in [5.74, 6) is 1.15. The lowest BCUT2D eigenvalue weighted by Gasteiger charge is -2.39. The van der Waals surface area contributed by atoms with E-state index >= 15 is 0 Å². The molecule has 0 N–H and O–H groups in total. The highest BCUT2D eigenvalue weighted by atomic mass is 16.5. The van der Waals surface area contributed by atoms with Gasteiger partial charge in [0.2, 0.25) is 5.91 Å². The van der Waals surface area contributed by atoms with Gasteiger partial charge in [-0.25, -0.2) is 0 Å². The molecule has 146 valence electrons. The number of piperidine rings is 1. The number of carbonyl (C=O) groups is 2. The van der Waals surface area contributed by atoms with Crippen LogP contribution in [0.15, 0.2) is 54.9 Å². The van der Waals surface area contributed by atoms with Crippen molar-refractivity contribution in [3.8, 4) is 5.75 Å². The second-order valence-electron chi connectivity index (χ2n) is 7.72. The van der Waals surface area contributed by atoms with Crippen LogP contribution in [0.4, 0.5) is 0 Å². The molecule has 2 fully saturated rings. The predicted molar refractivity (Wildman–Crippen MR) is 106 cm³/mol. The maximum atomic E-state index is 12.8. The molecule has 2 aliphatic heterocycles. The summed E-state index contributed by atoms with van der Waals surface area (Å²) >= 11 is 0. The first kappa shape index (κ1) is 18.7. The van der Waals surface area contributed by atoms with Crippen molar-refractivity contribution in [1.82, 2.24) is 9.88 Å². The summed E-state index contributed by atoms with van der Waals surface area (Å²) in [5.41, 5.74) is 0.726. The maximum Gasteiger partial charge on any atom is 0.223 e. The standard InChI is InChI=1S/C23H26N2O3/c26-22(17-5-2-1-3-6-17)7-4-8-23(27)25-18-9-10-19(25)16-21(15-18)28-20-11-13-24-14-12-20/h1-3,5-6,11-14,18-19,21H,4,7-10,15-16H2. The number of nitrogens with zero attached hydrogens (tertiary/aromatic N) is 2. The molecule has 28 heavy (non-hydrogen) atoms. The molecule has 5 nitrogen and oxygen atoms in total. The van der Waals surface area contributed by atoms with E-state index in [0.717, 1.165) is 37.0 Å². The first-order valence-electron chi connectivity index (χ1n) is 10.2. The van der Waals surface area contributed by atoms with Crippen LogP contribution in [0.25, 0.3) is 0 Å². The van der Waals surface area contributed by atoms with Gasteiger partial charge < -0.3 is 9.64 Å². The van der Waals surface area contributed by atoms with Crippen molar-refractivity contribution in [3.05, 3.63) is 60.4 Å². The lowest BCUT2D eigenvalue weighted by atomic mass is 9.98. The first-order chi connectivity index (χ1) is 13.7. The molecule has 2 aliphatic rings. The zero-order valence-corrected chi connectivity index (χ0v) is 16.0. The van der Waals surface area contributed by atoms with Crippen molar-refractivity contribution in [3.63, 3.8) is 0 Å². The van der Waals surface area contributed by atoms with E-state index < -0.39 is 0 Å². The minimum atomic E-state index is 0.112. The van der Waals surface area contributed by atoms with Crippen LogP contribution >= 0.6 is 0 Å². The monoisotopic (exact) mass is 378 g/mol. The van der Waals surface area contributed by atoms with Gasteiger partial charge in [0.25, 0.3) is 0 Å². The summed E-state index contributed by atoms with van der Waals surface area (Å²) in [5, 5.41) is 0. The molecule has 2 saturated heterocycles. The van der Waals surface area contributed by atoms with Crippen molar-refractivity contribution in [2.24, 2.45) is 0 Å². The number of amides is 1. The van der Waals surface area contributed by atoms with Gasteiger partial charge in [-0.2, -0.15) is 0 Å². The van der Waals surface area contributed by atoms with E-state index in [9.17, 15) is 9.59 Å². The van der Waals surface area contributed by atoms with E-state index in [2.05, 4.69) is 9.88 Å². The van der Waals surface area contributed by atoms with E-state index in [1.165, 1.54) is 0 Å². The molecule has 2 atom stereocenters. The number of carbonyl (C=O) groups excluding carboxylic acids is 2. The first-order valence-corrected chi connectivity index (χ1v) is 10.2. The molecule has 4 rings (SSSR count). The number of hydrogen-bond acceptors (Lipinski definition) is 4. The summed E-state index contributed by atoms with van der Waals surface area (Å²) in [6.45, 7) is 0. The lowest BCUT2D eigenvalue weighted by Crippen LogP contribution is -2.49. The number of ketones is 1. The number of benzene rings is 1. The highest BCUT2D eigenvalue weighted by Gasteiger charge is 2.43. The fourth-order valence-electron chi connectivity index (χ4n) is 4.54. The number of aromatic nitrogens is 1. The molecule has 1 amide bonds. The number of pyridine rings is 1. The molecule has 5 heteroatoms. The fraction of sp³-hybridized carbons (Fsp3) is 0.435. The van der Waals surface area contributed by atoms with Crippen molar-refractivity contribution >= 4 is 11.7 Å². The van der Waals surface area contributed by atoms with Crippen LogP contribution < -0.4 is 4.74 Å². The van der Waals surface area contributed by atoms with Crippen LogP contribution in [-0.2, 0) is 4.79 Å². The van der Waals surface area contributed by atoms with E-state index in [0.29, 0.717) is 19.3 Å². The molecule has 2 aromatic rings. The molecule has 0 spiro atoms. The Labute approximate surface area is 165 Å². The molecular weight excluding hydrogens is 352 g/mol. The molecule has 3 heterocycles. The Hall–Kier alpha value is -2.69. The zero-order valence-electron chi connectivity index (χ0n) is 16.0. The Bertz CT molecular complexity index is 795. The molecule has 0 radical (unpaired) electrons.